The molecule has 0 saturated carbocycles. The number of nitrogens with zero attached hydrogens (tertiary/aromatic N) is 1. The Morgan fingerprint density at radius 3 is 2.83 bits per heavy atom. The van der Waals surface area contributed by atoms with Crippen LogP contribution in [0.25, 0.3) is 0 Å². The summed E-state index contributed by atoms with van der Waals surface area (Å²) in [5, 5.41) is 3.24. The van der Waals surface area contributed by atoms with Crippen LogP contribution in [-0.2, 0) is 10.0 Å². The zero-order valence-electron chi connectivity index (χ0n) is 9.97. The third-order valence-electron chi connectivity index (χ3n) is 2.22. The van der Waals surface area contributed by atoms with E-state index in [-0.39, 0.29) is 4.90 Å². The van der Waals surface area contributed by atoms with Crippen molar-refractivity contribution in [2.75, 3.05) is 11.1 Å². The lowest BCUT2D eigenvalue weighted by Gasteiger charge is -2.18. The second-order valence-electron chi connectivity index (χ2n) is 4.34. The predicted molar refractivity (Wildman–Crippen MR) is 71.9 cm³/mol. The third kappa shape index (κ3) is 2.84. The Hall–Kier alpha value is -1.08. The molecule has 0 amide bonds. The van der Waals surface area contributed by atoms with Gasteiger partial charge in [-0.2, -0.15) is 8.42 Å². The fourth-order valence-corrected chi connectivity index (χ4v) is 3.62. The second kappa shape index (κ2) is 4.89. The summed E-state index contributed by atoms with van der Waals surface area (Å²) >= 11 is 1.34. The van der Waals surface area contributed by atoms with Gasteiger partial charge in [0.15, 0.2) is 5.17 Å². The number of thioether (sulfide) groups is 1. The van der Waals surface area contributed by atoms with Gasteiger partial charge in [-0.1, -0.05) is 25.6 Å². The quantitative estimate of drug-likeness (QED) is 0.909. The normalized spacial score (nSPS) is 17.0. The molecule has 0 spiro atoms. The zero-order valence-corrected chi connectivity index (χ0v) is 11.6. The van der Waals surface area contributed by atoms with E-state index in [0.29, 0.717) is 16.8 Å². The first-order valence-electron chi connectivity index (χ1n) is 5.43. The van der Waals surface area contributed by atoms with Crippen LogP contribution in [0, 0.1) is 11.7 Å². The largest absolute Gasteiger partial charge is 0.333 e. The van der Waals surface area contributed by atoms with Crippen molar-refractivity contribution < 1.29 is 12.8 Å². The molecule has 1 aliphatic heterocycles. The van der Waals surface area contributed by atoms with Crippen molar-refractivity contribution in [3.05, 3.63) is 24.0 Å². The molecule has 0 saturated heterocycles. The topological polar surface area (TPSA) is 58.5 Å². The Bertz CT molecular complexity index is 597. The molecule has 18 heavy (non-hydrogen) atoms. The molecule has 4 nitrogen and oxygen atoms in total. The lowest BCUT2D eigenvalue weighted by molar-refractivity contribution is 0.592. The van der Waals surface area contributed by atoms with Gasteiger partial charge < -0.3 is 5.32 Å². The third-order valence-corrected chi connectivity index (χ3v) is 4.95. The highest BCUT2D eigenvalue weighted by Crippen LogP contribution is 2.30. The highest BCUT2D eigenvalue weighted by atomic mass is 32.2. The first-order valence-corrected chi connectivity index (χ1v) is 7.85. The molecular formula is C11H13FN2O2S2. The van der Waals surface area contributed by atoms with Gasteiger partial charge >= 0.3 is 0 Å². The van der Waals surface area contributed by atoms with Gasteiger partial charge in [0.2, 0.25) is 0 Å². The van der Waals surface area contributed by atoms with E-state index < -0.39 is 15.8 Å². The maximum absolute atomic E-state index is 13.0. The first kappa shape index (κ1) is 13.4. The maximum atomic E-state index is 13.0. The maximum Gasteiger partial charge on any atom is 0.286 e. The molecule has 98 valence electrons. The van der Waals surface area contributed by atoms with Gasteiger partial charge in [-0.05, 0) is 24.1 Å². The van der Waals surface area contributed by atoms with E-state index in [1.807, 2.05) is 13.8 Å². The van der Waals surface area contributed by atoms with Crippen molar-refractivity contribution in [2.45, 2.75) is 18.7 Å². The fourth-order valence-electron chi connectivity index (χ4n) is 1.42. The van der Waals surface area contributed by atoms with E-state index in [4.69, 9.17) is 0 Å². The number of rotatable bonds is 2. The van der Waals surface area contributed by atoms with Gasteiger partial charge in [0.05, 0.1) is 5.69 Å². The molecule has 0 aromatic heterocycles. The Morgan fingerprint density at radius 2 is 2.17 bits per heavy atom. The number of nitrogens with one attached hydrogen (secondary N) is 1. The summed E-state index contributed by atoms with van der Waals surface area (Å²) in [6, 6.07) is 3.61. The molecular weight excluding hydrogens is 275 g/mol. The SMILES string of the molecule is CC(C)CSC1=NS(=O)(=O)c2cc(F)ccc2N1. The van der Waals surface area contributed by atoms with Crippen LogP contribution in [0.1, 0.15) is 13.8 Å². The fraction of sp³-hybridized carbons (Fsp3) is 0.364. The second-order valence-corrected chi connectivity index (χ2v) is 6.92. The van der Waals surface area contributed by atoms with Crippen LogP contribution in [0.2, 0.25) is 0 Å². The predicted octanol–water partition coefficient (Wildman–Crippen LogP) is 2.69. The zero-order chi connectivity index (χ0) is 13.3. The standard InChI is InChI=1S/C11H13FN2O2S2/c1-7(2)6-17-11-13-9-4-3-8(12)5-10(9)18(15,16)14-11/h3-5,7H,6H2,1-2H3,(H,13,14). The van der Waals surface area contributed by atoms with Crippen LogP contribution in [0.3, 0.4) is 0 Å². The number of benzene rings is 1. The molecule has 7 heteroatoms. The van der Waals surface area contributed by atoms with Gasteiger partial charge in [0.1, 0.15) is 10.7 Å². The Labute approximate surface area is 110 Å². The molecule has 0 radical (unpaired) electrons. The minimum Gasteiger partial charge on any atom is -0.333 e. The van der Waals surface area contributed by atoms with Crippen molar-refractivity contribution in [1.29, 1.82) is 0 Å². The molecule has 1 aromatic rings. The minimum atomic E-state index is -3.80. The molecule has 0 aliphatic carbocycles. The van der Waals surface area contributed by atoms with Gasteiger partial charge in [0.25, 0.3) is 10.0 Å². The van der Waals surface area contributed by atoms with Crippen LogP contribution < -0.4 is 5.32 Å². The molecule has 2 rings (SSSR count). The molecule has 0 bridgehead atoms. The average Bonchev–Trinajstić information content (AvgIpc) is 2.27. The highest BCUT2D eigenvalue weighted by molar-refractivity contribution is 8.14. The molecule has 1 heterocycles. The summed E-state index contributed by atoms with van der Waals surface area (Å²) in [7, 11) is -3.80. The highest BCUT2D eigenvalue weighted by Gasteiger charge is 2.25. The van der Waals surface area contributed by atoms with E-state index in [0.717, 1.165) is 11.8 Å². The number of halogens is 1. The lowest BCUT2D eigenvalue weighted by Crippen LogP contribution is -2.19. The first-order chi connectivity index (χ1) is 8.38. The van der Waals surface area contributed by atoms with Crippen molar-refractivity contribution >= 4 is 32.6 Å². The number of amidine groups is 1. The van der Waals surface area contributed by atoms with E-state index in [9.17, 15) is 12.8 Å². The van der Waals surface area contributed by atoms with Crippen molar-refractivity contribution in [2.24, 2.45) is 10.3 Å². The van der Waals surface area contributed by atoms with Gasteiger partial charge in [-0.15, -0.1) is 4.40 Å². The molecule has 1 N–H and O–H groups in total. The molecule has 0 unspecified atom stereocenters. The smallest absolute Gasteiger partial charge is 0.286 e. The van der Waals surface area contributed by atoms with E-state index >= 15 is 0 Å². The summed E-state index contributed by atoms with van der Waals surface area (Å²) in [6.45, 7) is 4.07. The van der Waals surface area contributed by atoms with Gasteiger partial charge in [-0.3, -0.25) is 0 Å². The minimum absolute atomic E-state index is 0.114. The van der Waals surface area contributed by atoms with E-state index in [1.165, 1.54) is 23.9 Å². The molecule has 0 atom stereocenters. The van der Waals surface area contributed by atoms with E-state index in [1.54, 1.807) is 0 Å². The number of hydrogen-bond donors (Lipinski definition) is 1. The summed E-state index contributed by atoms with van der Waals surface area (Å²) in [6.07, 6.45) is 0. The number of anilines is 1. The number of fused-ring (bicyclic) bond motifs is 1. The summed E-state index contributed by atoms with van der Waals surface area (Å²) < 4.78 is 40.4. The Kier molecular flexibility index (Phi) is 3.63. The summed E-state index contributed by atoms with van der Waals surface area (Å²) in [4.78, 5) is -0.114. The van der Waals surface area contributed by atoms with E-state index in [2.05, 4.69) is 9.71 Å². The average molecular weight is 288 g/mol. The van der Waals surface area contributed by atoms with Crippen LogP contribution in [0.5, 0.6) is 0 Å². The number of sulfonamides is 1. The van der Waals surface area contributed by atoms with Crippen molar-refractivity contribution in [3.8, 4) is 0 Å². The molecule has 0 fully saturated rings. The monoisotopic (exact) mass is 288 g/mol. The van der Waals surface area contributed by atoms with Crippen LogP contribution >= 0.6 is 11.8 Å². The molecule has 1 aromatic carbocycles. The molecule has 1 aliphatic rings. The summed E-state index contributed by atoms with van der Waals surface area (Å²) in [5.41, 5.74) is 0.373. The van der Waals surface area contributed by atoms with Crippen molar-refractivity contribution in [3.63, 3.8) is 0 Å². The number of hydrogen-bond acceptors (Lipinski definition) is 4. The van der Waals surface area contributed by atoms with Gasteiger partial charge in [-0.25, -0.2) is 4.39 Å². The Morgan fingerprint density at radius 1 is 1.44 bits per heavy atom. The lowest BCUT2D eigenvalue weighted by atomic mass is 10.3. The van der Waals surface area contributed by atoms with Gasteiger partial charge in [0, 0.05) is 5.75 Å². The summed E-state index contributed by atoms with van der Waals surface area (Å²) in [5.74, 6) is 0.599. The van der Waals surface area contributed by atoms with Crippen LogP contribution in [0.15, 0.2) is 27.5 Å². The van der Waals surface area contributed by atoms with Crippen LogP contribution in [-0.4, -0.2) is 19.3 Å². The van der Waals surface area contributed by atoms with Crippen molar-refractivity contribution in [1.82, 2.24) is 0 Å². The Balaban J connectivity index is 2.33. The van der Waals surface area contributed by atoms with Crippen LogP contribution in [0.4, 0.5) is 10.1 Å².